The lowest BCUT2D eigenvalue weighted by Gasteiger charge is -2.17. The van der Waals surface area contributed by atoms with Crippen LogP contribution in [0.3, 0.4) is 0 Å². The first-order valence-electron chi connectivity index (χ1n) is 9.61. The molecule has 0 bridgehead atoms. The fraction of sp³-hybridized carbons (Fsp3) is 0.333. The molecule has 1 fully saturated rings. The zero-order valence-corrected chi connectivity index (χ0v) is 17.7. The van der Waals surface area contributed by atoms with Gasteiger partial charge in [0, 0.05) is 31.1 Å². The molecule has 0 aliphatic carbocycles. The molecule has 1 saturated heterocycles. The molecule has 0 radical (unpaired) electrons. The Bertz CT molecular complexity index is 942. The number of carbonyl (C=O) groups is 1. The molecule has 3 heterocycles. The second-order valence-electron chi connectivity index (χ2n) is 7.21. The maximum absolute atomic E-state index is 13.1. The predicted octanol–water partition coefficient (Wildman–Crippen LogP) is 4.47. The molecule has 5 nitrogen and oxygen atoms in total. The van der Waals surface area contributed by atoms with Crippen LogP contribution in [0.1, 0.15) is 41.4 Å². The summed E-state index contributed by atoms with van der Waals surface area (Å²) < 4.78 is 13.1. The molecule has 2 N–H and O–H groups in total. The third-order valence-corrected chi connectivity index (χ3v) is 6.98. The van der Waals surface area contributed by atoms with Gasteiger partial charge in [0.1, 0.15) is 16.5 Å². The maximum atomic E-state index is 13.1. The molecule has 1 aliphatic rings. The number of rotatable bonds is 7. The average Bonchev–Trinajstić information content (AvgIpc) is 3.48. The van der Waals surface area contributed by atoms with Gasteiger partial charge < -0.3 is 4.90 Å². The van der Waals surface area contributed by atoms with E-state index in [2.05, 4.69) is 15.8 Å². The van der Waals surface area contributed by atoms with Gasteiger partial charge in [0.2, 0.25) is 0 Å². The van der Waals surface area contributed by atoms with Crippen molar-refractivity contribution in [3.8, 4) is 9.88 Å². The average molecular weight is 431 g/mol. The van der Waals surface area contributed by atoms with Crippen molar-refractivity contribution in [2.75, 3.05) is 13.6 Å². The highest BCUT2D eigenvalue weighted by atomic mass is 32.1. The molecule has 29 heavy (non-hydrogen) atoms. The summed E-state index contributed by atoms with van der Waals surface area (Å²) in [6, 6.07) is 11.2. The largest absolute Gasteiger partial charge is 0.340 e. The van der Waals surface area contributed by atoms with E-state index in [0.717, 1.165) is 34.7 Å². The van der Waals surface area contributed by atoms with Crippen molar-refractivity contribution in [2.24, 2.45) is 0 Å². The molecule has 1 aromatic carbocycles. The Morgan fingerprint density at radius 2 is 2.07 bits per heavy atom. The number of thiophene rings is 1. The summed E-state index contributed by atoms with van der Waals surface area (Å²) in [6.45, 7) is 0.685. The third kappa shape index (κ3) is 4.90. The molecule has 2 atom stereocenters. The lowest BCUT2D eigenvalue weighted by atomic mass is 9.99. The van der Waals surface area contributed by atoms with Crippen molar-refractivity contribution in [3.63, 3.8) is 0 Å². The zero-order chi connectivity index (χ0) is 20.2. The number of amides is 1. The Kier molecular flexibility index (Phi) is 6.34. The van der Waals surface area contributed by atoms with Gasteiger partial charge in [0.15, 0.2) is 0 Å². The van der Waals surface area contributed by atoms with E-state index in [1.54, 1.807) is 16.2 Å². The van der Waals surface area contributed by atoms with Crippen LogP contribution in [0.5, 0.6) is 0 Å². The van der Waals surface area contributed by atoms with E-state index < -0.39 is 0 Å². The number of thiazole rings is 1. The topological polar surface area (TPSA) is 57.3 Å². The monoisotopic (exact) mass is 430 g/mol. The Morgan fingerprint density at radius 1 is 1.24 bits per heavy atom. The molecule has 0 spiro atoms. The fourth-order valence-corrected chi connectivity index (χ4v) is 5.09. The van der Waals surface area contributed by atoms with Crippen LogP contribution in [0.15, 0.2) is 47.2 Å². The van der Waals surface area contributed by atoms with Crippen LogP contribution >= 0.6 is 22.7 Å². The van der Waals surface area contributed by atoms with Crippen LogP contribution in [0.2, 0.25) is 0 Å². The van der Waals surface area contributed by atoms with E-state index in [1.165, 1.54) is 23.5 Å². The first-order valence-corrected chi connectivity index (χ1v) is 11.4. The van der Waals surface area contributed by atoms with Crippen LogP contribution < -0.4 is 10.9 Å². The van der Waals surface area contributed by atoms with Gasteiger partial charge in [-0.05, 0) is 48.4 Å². The van der Waals surface area contributed by atoms with E-state index in [4.69, 9.17) is 0 Å². The Hall–Kier alpha value is -2.13. The molecule has 8 heteroatoms. The molecule has 2 aromatic heterocycles. The van der Waals surface area contributed by atoms with Crippen molar-refractivity contribution in [1.29, 1.82) is 0 Å². The molecule has 2 unspecified atom stereocenters. The number of hydrogen-bond donors (Lipinski definition) is 2. The number of aromatic nitrogens is 1. The summed E-state index contributed by atoms with van der Waals surface area (Å²) in [6.07, 6.45) is 2.80. The summed E-state index contributed by atoms with van der Waals surface area (Å²) in [7, 11) is 1.83. The summed E-state index contributed by atoms with van der Waals surface area (Å²) >= 11 is 3.13. The molecule has 3 aromatic rings. The number of nitrogens with zero attached hydrogens (tertiary/aromatic N) is 2. The van der Waals surface area contributed by atoms with Gasteiger partial charge in [0.05, 0.1) is 4.88 Å². The SMILES string of the molecule is CN(CCCC1CC(c2ccc(F)cc2)NN1)C(=O)c1csc(-c2cccs2)n1. The highest BCUT2D eigenvalue weighted by Crippen LogP contribution is 2.28. The van der Waals surface area contributed by atoms with E-state index in [0.29, 0.717) is 18.3 Å². The first kappa shape index (κ1) is 20.2. The smallest absolute Gasteiger partial charge is 0.273 e. The van der Waals surface area contributed by atoms with Gasteiger partial charge in [-0.15, -0.1) is 22.7 Å². The molecular formula is C21H23FN4OS2. The molecular weight excluding hydrogens is 407 g/mol. The number of hydrogen-bond acceptors (Lipinski definition) is 6. The Labute approximate surface area is 177 Å². The highest BCUT2D eigenvalue weighted by Gasteiger charge is 2.25. The first-order chi connectivity index (χ1) is 14.1. The van der Waals surface area contributed by atoms with Gasteiger partial charge in [-0.1, -0.05) is 18.2 Å². The Balaban J connectivity index is 1.23. The van der Waals surface area contributed by atoms with Crippen molar-refractivity contribution >= 4 is 28.6 Å². The molecule has 0 saturated carbocycles. The van der Waals surface area contributed by atoms with Gasteiger partial charge in [-0.25, -0.2) is 9.37 Å². The number of carbonyl (C=O) groups excluding carboxylic acids is 1. The molecule has 152 valence electrons. The third-order valence-electron chi connectivity index (χ3n) is 5.10. The second kappa shape index (κ2) is 9.13. The van der Waals surface area contributed by atoms with E-state index >= 15 is 0 Å². The number of benzene rings is 1. The fourth-order valence-electron chi connectivity index (χ4n) is 3.48. The van der Waals surface area contributed by atoms with Crippen molar-refractivity contribution < 1.29 is 9.18 Å². The van der Waals surface area contributed by atoms with Crippen LogP contribution in [0.25, 0.3) is 9.88 Å². The predicted molar refractivity (Wildman–Crippen MR) is 115 cm³/mol. The summed E-state index contributed by atoms with van der Waals surface area (Å²) in [4.78, 5) is 20.0. The highest BCUT2D eigenvalue weighted by molar-refractivity contribution is 7.20. The molecule has 4 rings (SSSR count). The summed E-state index contributed by atoms with van der Waals surface area (Å²) in [5, 5.41) is 4.74. The van der Waals surface area contributed by atoms with E-state index in [1.807, 2.05) is 42.1 Å². The quantitative estimate of drug-likeness (QED) is 0.581. The van der Waals surface area contributed by atoms with Crippen LogP contribution in [0, 0.1) is 5.82 Å². The van der Waals surface area contributed by atoms with Crippen LogP contribution in [0.4, 0.5) is 4.39 Å². The van der Waals surface area contributed by atoms with Gasteiger partial charge in [0.25, 0.3) is 5.91 Å². The molecule has 1 amide bonds. The minimum Gasteiger partial charge on any atom is -0.340 e. The van der Waals surface area contributed by atoms with Crippen LogP contribution in [-0.2, 0) is 0 Å². The van der Waals surface area contributed by atoms with Gasteiger partial charge >= 0.3 is 0 Å². The maximum Gasteiger partial charge on any atom is 0.273 e. The molecule has 1 aliphatic heterocycles. The lowest BCUT2D eigenvalue weighted by molar-refractivity contribution is 0.0787. The Morgan fingerprint density at radius 3 is 2.83 bits per heavy atom. The van der Waals surface area contributed by atoms with Crippen molar-refractivity contribution in [2.45, 2.75) is 31.3 Å². The minimum absolute atomic E-state index is 0.0363. The van der Waals surface area contributed by atoms with Crippen molar-refractivity contribution in [3.05, 3.63) is 64.2 Å². The van der Waals surface area contributed by atoms with E-state index in [9.17, 15) is 9.18 Å². The van der Waals surface area contributed by atoms with E-state index in [-0.39, 0.29) is 17.8 Å². The minimum atomic E-state index is -0.216. The normalized spacial score (nSPS) is 18.8. The number of halogens is 1. The lowest BCUT2D eigenvalue weighted by Crippen LogP contribution is -2.32. The zero-order valence-electron chi connectivity index (χ0n) is 16.1. The standard InChI is InChI=1S/C21H23FN4OS2/c1-26(21(27)18-13-29-20(23-18)19-5-3-11-28-19)10-2-4-16-12-17(25-24-16)14-6-8-15(22)9-7-14/h3,5-9,11,13,16-17,24-25H,2,4,10,12H2,1H3. The van der Waals surface area contributed by atoms with Gasteiger partial charge in [-0.2, -0.15) is 0 Å². The number of hydrazine groups is 1. The summed E-state index contributed by atoms with van der Waals surface area (Å²) in [5.74, 6) is -0.252. The second-order valence-corrected chi connectivity index (χ2v) is 9.02. The van der Waals surface area contributed by atoms with Crippen LogP contribution in [-0.4, -0.2) is 35.4 Å². The van der Waals surface area contributed by atoms with Crippen molar-refractivity contribution in [1.82, 2.24) is 20.7 Å². The summed E-state index contributed by atoms with van der Waals surface area (Å²) in [5.41, 5.74) is 8.20. The van der Waals surface area contributed by atoms with Gasteiger partial charge in [-0.3, -0.25) is 15.6 Å². The number of nitrogens with one attached hydrogen (secondary N) is 2.